The van der Waals surface area contributed by atoms with Crippen molar-refractivity contribution in [2.75, 3.05) is 6.61 Å². The second-order valence-electron chi connectivity index (χ2n) is 14.2. The SMILES string of the molecule is Cc1ccccc1-n1c(=Nc2ccccc2)ss/c1=N\[C@@H]1O[C@H](COC(=O)c2ccccc2)[C@@H](OC(=O)c2ccccc2)[C@H](OC(=O)c2ccccc2)[C@H]1OC(=O)c1ccccc1.Cl.Cl. The lowest BCUT2D eigenvalue weighted by atomic mass is 9.97. The number of benzene rings is 6. The lowest BCUT2D eigenvalue weighted by Gasteiger charge is -2.43. The van der Waals surface area contributed by atoms with E-state index in [1.54, 1.807) is 121 Å². The smallest absolute Gasteiger partial charge is 0.338 e. The Labute approximate surface area is 393 Å². The average Bonchev–Trinajstić information content (AvgIpc) is 3.72. The van der Waals surface area contributed by atoms with Crippen LogP contribution in [0.5, 0.6) is 0 Å². The summed E-state index contributed by atoms with van der Waals surface area (Å²) in [5, 5.41) is 0. The Morgan fingerprint density at radius 1 is 0.523 bits per heavy atom. The van der Waals surface area contributed by atoms with Crippen LogP contribution in [0.3, 0.4) is 0 Å². The van der Waals surface area contributed by atoms with E-state index in [0.29, 0.717) is 15.3 Å². The zero-order chi connectivity index (χ0) is 43.5. The predicted molar refractivity (Wildman–Crippen MR) is 250 cm³/mol. The number of esters is 4. The lowest BCUT2D eigenvalue weighted by Crippen LogP contribution is -2.62. The summed E-state index contributed by atoms with van der Waals surface area (Å²) >= 11 is 0. The molecule has 0 radical (unpaired) electrons. The molecular weight excluding hydrogens is 910 g/mol. The molecule has 1 aliphatic rings. The largest absolute Gasteiger partial charge is 0.459 e. The van der Waals surface area contributed by atoms with Gasteiger partial charge in [-0.3, -0.25) is 4.57 Å². The van der Waals surface area contributed by atoms with E-state index < -0.39 is 61.1 Å². The average molecular weight is 951 g/mol. The minimum absolute atomic E-state index is 0. The second-order valence-corrected chi connectivity index (χ2v) is 16.2. The highest BCUT2D eigenvalue weighted by Gasteiger charge is 2.53. The highest BCUT2D eigenvalue weighted by molar-refractivity contribution is 7.67. The second kappa shape index (κ2) is 22.8. The normalized spacial score (nSPS) is 18.3. The van der Waals surface area contributed by atoms with E-state index in [4.69, 9.17) is 33.7 Å². The standard InChI is InChI=1S/C49H39N3O9S2.2ClH/c1-32-19-17-18-30-38(32)52-48(50-37-28-15-6-16-29-37)62-63-49(52)51-43-42(61-47(56)36-26-13-5-14-27-36)41(60-46(55)35-24-11-4-12-25-35)40(59-45(54)34-22-9-3-10-23-34)39(58-43)31-57-44(53)33-20-7-2-8-21-33;;/h2-30,39-43H,31H2,1H3;2*1H/b50-48?,51-49-;;/t39-,40-,41+,42-,43-;;/m1../s1. The number of carbonyl (C=O) groups is 4. The molecule has 0 N–H and O–H groups in total. The van der Waals surface area contributed by atoms with Gasteiger partial charge in [-0.1, -0.05) is 109 Å². The van der Waals surface area contributed by atoms with Crippen LogP contribution >= 0.6 is 45.5 Å². The first-order valence-electron chi connectivity index (χ1n) is 19.9. The highest BCUT2D eigenvalue weighted by atomic mass is 35.5. The van der Waals surface area contributed by atoms with Gasteiger partial charge >= 0.3 is 23.9 Å². The summed E-state index contributed by atoms with van der Waals surface area (Å²) in [4.78, 5) is 66.7. The third-order valence-electron chi connectivity index (χ3n) is 9.90. The molecule has 1 saturated heterocycles. The molecule has 1 aromatic heterocycles. The summed E-state index contributed by atoms with van der Waals surface area (Å²) in [5.74, 6) is -3.06. The van der Waals surface area contributed by atoms with E-state index in [2.05, 4.69) is 0 Å². The fraction of sp³-hybridized carbons (Fsp3) is 0.143. The van der Waals surface area contributed by atoms with Crippen LogP contribution in [0, 0.1) is 6.92 Å². The van der Waals surface area contributed by atoms with Crippen molar-refractivity contribution in [3.8, 4) is 5.69 Å². The number of rotatable bonds is 12. The van der Waals surface area contributed by atoms with Gasteiger partial charge in [0.1, 0.15) is 12.7 Å². The molecule has 0 unspecified atom stereocenters. The number of carbonyl (C=O) groups excluding carboxylic acids is 4. The van der Waals surface area contributed by atoms with E-state index in [1.807, 2.05) is 66.1 Å². The zero-order valence-corrected chi connectivity index (χ0v) is 37.8. The van der Waals surface area contributed by atoms with Crippen molar-refractivity contribution in [3.05, 3.63) is 213 Å². The Morgan fingerprint density at radius 2 is 0.938 bits per heavy atom. The maximum atomic E-state index is 14.1. The highest BCUT2D eigenvalue weighted by Crippen LogP contribution is 2.32. The summed E-state index contributed by atoms with van der Waals surface area (Å²) in [6.07, 6.45) is -7.36. The fourth-order valence-corrected chi connectivity index (χ4v) is 8.92. The van der Waals surface area contributed by atoms with Crippen LogP contribution in [0.2, 0.25) is 0 Å². The maximum absolute atomic E-state index is 14.1. The van der Waals surface area contributed by atoms with Crippen molar-refractivity contribution >= 4 is 75.1 Å². The number of ether oxygens (including phenoxy) is 5. The first-order valence-corrected chi connectivity index (χ1v) is 22.0. The van der Waals surface area contributed by atoms with Crippen LogP contribution in [0.15, 0.2) is 186 Å². The number of aromatic nitrogens is 1. The van der Waals surface area contributed by atoms with Crippen LogP contribution in [-0.4, -0.2) is 65.7 Å². The van der Waals surface area contributed by atoms with Crippen LogP contribution in [0.25, 0.3) is 5.69 Å². The van der Waals surface area contributed by atoms with Gasteiger partial charge in [-0.2, -0.15) is 0 Å². The minimum Gasteiger partial charge on any atom is -0.459 e. The molecule has 1 fully saturated rings. The predicted octanol–water partition coefficient (Wildman–Crippen LogP) is 9.14. The molecule has 8 rings (SSSR count). The summed E-state index contributed by atoms with van der Waals surface area (Å²) in [6.45, 7) is 1.48. The number of hydrogen-bond donors (Lipinski definition) is 0. The van der Waals surface area contributed by atoms with Gasteiger partial charge in [0.2, 0.25) is 9.60 Å². The molecule has 0 aliphatic carbocycles. The van der Waals surface area contributed by atoms with Crippen molar-refractivity contribution in [2.45, 2.75) is 37.6 Å². The van der Waals surface area contributed by atoms with Crippen molar-refractivity contribution in [1.82, 2.24) is 4.57 Å². The van der Waals surface area contributed by atoms with Crippen LogP contribution in [-0.2, 0) is 23.7 Å². The zero-order valence-electron chi connectivity index (χ0n) is 34.5. The van der Waals surface area contributed by atoms with Crippen molar-refractivity contribution in [3.63, 3.8) is 0 Å². The van der Waals surface area contributed by atoms with Crippen LogP contribution in [0.4, 0.5) is 5.69 Å². The molecule has 0 saturated carbocycles. The van der Waals surface area contributed by atoms with Gasteiger partial charge in [0, 0.05) is 0 Å². The van der Waals surface area contributed by atoms with E-state index in [9.17, 15) is 19.2 Å². The number of halogens is 2. The van der Waals surface area contributed by atoms with Gasteiger partial charge in [-0.15, -0.1) is 24.8 Å². The molecule has 5 atom stereocenters. The third kappa shape index (κ3) is 11.7. The summed E-state index contributed by atoms with van der Waals surface area (Å²) < 4.78 is 33.2. The summed E-state index contributed by atoms with van der Waals surface area (Å²) in [6, 6.07) is 50.2. The summed E-state index contributed by atoms with van der Waals surface area (Å²) in [7, 11) is 2.65. The quantitative estimate of drug-likeness (QED) is 0.0666. The molecule has 16 heteroatoms. The van der Waals surface area contributed by atoms with E-state index in [0.717, 1.165) is 11.3 Å². The van der Waals surface area contributed by atoms with Crippen LogP contribution < -0.4 is 9.60 Å². The Kier molecular flexibility index (Phi) is 16.8. The van der Waals surface area contributed by atoms with Gasteiger partial charge < -0.3 is 23.7 Å². The van der Waals surface area contributed by atoms with E-state index in [1.165, 1.54) is 20.7 Å². The van der Waals surface area contributed by atoms with Crippen molar-refractivity contribution in [1.29, 1.82) is 0 Å². The number of nitrogens with zero attached hydrogens (tertiary/aromatic N) is 3. The van der Waals surface area contributed by atoms with Gasteiger partial charge in [0.25, 0.3) is 0 Å². The summed E-state index contributed by atoms with van der Waals surface area (Å²) in [5.41, 5.74) is 3.22. The monoisotopic (exact) mass is 949 g/mol. The van der Waals surface area contributed by atoms with Crippen molar-refractivity contribution < 1.29 is 42.9 Å². The topological polar surface area (TPSA) is 144 Å². The van der Waals surface area contributed by atoms with E-state index in [-0.39, 0.29) is 47.1 Å². The molecular formula is C49H41Cl2N3O9S2. The fourth-order valence-electron chi connectivity index (χ4n) is 6.77. The number of aryl methyl sites for hydroxylation is 1. The molecule has 0 amide bonds. The number of para-hydroxylation sites is 2. The number of hydrogen-bond acceptors (Lipinski definition) is 13. The van der Waals surface area contributed by atoms with Gasteiger partial charge in [-0.05, 0) is 99.9 Å². The first-order chi connectivity index (χ1) is 30.8. The Hall–Kier alpha value is -6.68. The molecule has 0 bridgehead atoms. The van der Waals surface area contributed by atoms with Crippen LogP contribution in [0.1, 0.15) is 47.0 Å². The molecule has 2 heterocycles. The Morgan fingerprint density at radius 3 is 1.45 bits per heavy atom. The Bertz CT molecular complexity index is 2830. The molecule has 6 aromatic carbocycles. The van der Waals surface area contributed by atoms with Gasteiger partial charge in [-0.25, -0.2) is 29.2 Å². The molecule has 332 valence electrons. The molecule has 65 heavy (non-hydrogen) atoms. The maximum Gasteiger partial charge on any atom is 0.338 e. The van der Waals surface area contributed by atoms with Crippen molar-refractivity contribution in [2.24, 2.45) is 9.98 Å². The minimum atomic E-state index is -1.56. The first kappa shape index (κ1) is 47.8. The molecule has 12 nitrogen and oxygen atoms in total. The van der Waals surface area contributed by atoms with Gasteiger partial charge in [0.15, 0.2) is 24.5 Å². The molecule has 7 aromatic rings. The molecule has 1 aliphatic heterocycles. The molecule has 0 spiro atoms. The van der Waals surface area contributed by atoms with E-state index >= 15 is 0 Å². The van der Waals surface area contributed by atoms with Gasteiger partial charge in [0.05, 0.1) is 33.6 Å². The lowest BCUT2D eigenvalue weighted by molar-refractivity contribution is -0.227. The Balaban J connectivity index is 0.00000350. The third-order valence-corrected chi connectivity index (χ3v) is 12.0.